The van der Waals surface area contributed by atoms with E-state index in [9.17, 15) is 5.11 Å². The summed E-state index contributed by atoms with van der Waals surface area (Å²) < 4.78 is 0. The van der Waals surface area contributed by atoms with Gasteiger partial charge < -0.3 is 5.11 Å². The van der Waals surface area contributed by atoms with Crippen LogP contribution in [-0.2, 0) is 0 Å². The second kappa shape index (κ2) is 5.54. The lowest BCUT2D eigenvalue weighted by molar-refractivity contribution is 0.474. The Kier molecular flexibility index (Phi) is 3.24. The Bertz CT molecular complexity index is 894. The monoisotopic (exact) mass is 298 g/mol. The number of fused-ring (bicyclic) bond motifs is 3. The summed E-state index contributed by atoms with van der Waals surface area (Å²) >= 11 is 0. The van der Waals surface area contributed by atoms with Crippen molar-refractivity contribution in [3.63, 3.8) is 0 Å². The van der Waals surface area contributed by atoms with Crippen molar-refractivity contribution in [2.75, 3.05) is 0 Å². The van der Waals surface area contributed by atoms with E-state index in [1.165, 1.54) is 11.1 Å². The molecule has 4 rings (SSSR count). The van der Waals surface area contributed by atoms with Gasteiger partial charge >= 0.3 is 0 Å². The van der Waals surface area contributed by atoms with Gasteiger partial charge in [-0.15, -0.1) is 5.10 Å². The zero-order valence-corrected chi connectivity index (χ0v) is 12.3. The van der Waals surface area contributed by atoms with Gasteiger partial charge in [0.15, 0.2) is 0 Å². The third kappa shape index (κ3) is 2.32. The maximum absolute atomic E-state index is 9.78. The fourth-order valence-electron chi connectivity index (χ4n) is 2.85. The molecule has 0 unspecified atom stereocenters. The van der Waals surface area contributed by atoms with Gasteiger partial charge in [-0.05, 0) is 23.3 Å². The molecule has 0 heterocycles. The molecule has 0 saturated carbocycles. The molecule has 0 amide bonds. The molecular formula is C20H14N2O. The summed E-state index contributed by atoms with van der Waals surface area (Å²) in [4.78, 5) is 0. The van der Waals surface area contributed by atoms with Gasteiger partial charge in [-0.25, -0.2) is 0 Å². The van der Waals surface area contributed by atoms with Gasteiger partial charge in [0.1, 0.15) is 11.5 Å². The third-order valence-electron chi connectivity index (χ3n) is 3.95. The number of phenols is 1. The van der Waals surface area contributed by atoms with Crippen molar-refractivity contribution in [2.45, 2.75) is 0 Å². The number of benzene rings is 3. The number of rotatable bonds is 2. The van der Waals surface area contributed by atoms with Crippen LogP contribution in [0.15, 0.2) is 83.0 Å². The smallest absolute Gasteiger partial charge is 0.124 e. The maximum atomic E-state index is 9.78. The highest BCUT2D eigenvalue weighted by molar-refractivity contribution is 6.24. The zero-order chi connectivity index (χ0) is 15.6. The van der Waals surface area contributed by atoms with Crippen LogP contribution in [0.3, 0.4) is 0 Å². The summed E-state index contributed by atoms with van der Waals surface area (Å²) in [5.41, 5.74) is 6.05. The first kappa shape index (κ1) is 13.5. The summed E-state index contributed by atoms with van der Waals surface area (Å²) in [6.07, 6.45) is 1.58. The van der Waals surface area contributed by atoms with E-state index in [0.717, 1.165) is 16.8 Å². The summed E-state index contributed by atoms with van der Waals surface area (Å²) in [7, 11) is 0. The molecule has 3 aromatic rings. The molecule has 0 atom stereocenters. The first-order valence-corrected chi connectivity index (χ1v) is 7.43. The van der Waals surface area contributed by atoms with Crippen molar-refractivity contribution in [1.29, 1.82) is 0 Å². The summed E-state index contributed by atoms with van der Waals surface area (Å²) in [5, 5.41) is 18.4. The van der Waals surface area contributed by atoms with Crippen molar-refractivity contribution >= 4 is 11.9 Å². The minimum absolute atomic E-state index is 0.198. The Hall–Kier alpha value is -3.20. The molecule has 0 bridgehead atoms. The van der Waals surface area contributed by atoms with Crippen LogP contribution >= 0.6 is 0 Å². The largest absolute Gasteiger partial charge is 0.507 e. The number of aromatic hydroxyl groups is 1. The van der Waals surface area contributed by atoms with E-state index in [0.29, 0.717) is 5.56 Å². The average molecular weight is 298 g/mol. The molecule has 0 aliphatic heterocycles. The minimum atomic E-state index is 0.198. The highest BCUT2D eigenvalue weighted by Crippen LogP contribution is 2.36. The molecular weight excluding hydrogens is 284 g/mol. The fourth-order valence-corrected chi connectivity index (χ4v) is 2.85. The molecule has 0 radical (unpaired) electrons. The zero-order valence-electron chi connectivity index (χ0n) is 12.3. The van der Waals surface area contributed by atoms with E-state index in [2.05, 4.69) is 34.5 Å². The summed E-state index contributed by atoms with van der Waals surface area (Å²) in [6.45, 7) is 0. The van der Waals surface area contributed by atoms with Gasteiger partial charge in [0.25, 0.3) is 0 Å². The second-order valence-corrected chi connectivity index (χ2v) is 5.34. The van der Waals surface area contributed by atoms with Gasteiger partial charge in [-0.2, -0.15) is 5.10 Å². The van der Waals surface area contributed by atoms with E-state index in [-0.39, 0.29) is 5.75 Å². The third-order valence-corrected chi connectivity index (χ3v) is 3.95. The normalized spacial score (nSPS) is 12.3. The van der Waals surface area contributed by atoms with E-state index in [1.807, 2.05) is 30.3 Å². The SMILES string of the molecule is Oc1ccccc1/C=N\N=C1c2ccccc2-c2ccccc21. The molecule has 23 heavy (non-hydrogen) atoms. The summed E-state index contributed by atoms with van der Waals surface area (Å²) in [5.74, 6) is 0.198. The van der Waals surface area contributed by atoms with Crippen LogP contribution in [0.5, 0.6) is 5.75 Å². The van der Waals surface area contributed by atoms with E-state index in [4.69, 9.17) is 0 Å². The van der Waals surface area contributed by atoms with Crippen molar-refractivity contribution in [1.82, 2.24) is 0 Å². The van der Waals surface area contributed by atoms with Gasteiger partial charge in [-0.3, -0.25) is 0 Å². The summed E-state index contributed by atoms with van der Waals surface area (Å²) in [6, 6.07) is 23.5. The van der Waals surface area contributed by atoms with Crippen LogP contribution in [0, 0.1) is 0 Å². The predicted octanol–water partition coefficient (Wildman–Crippen LogP) is 4.24. The van der Waals surface area contributed by atoms with Crippen molar-refractivity contribution in [3.05, 3.63) is 89.5 Å². The van der Waals surface area contributed by atoms with Crippen molar-refractivity contribution in [3.8, 4) is 16.9 Å². The lowest BCUT2D eigenvalue weighted by atomic mass is 10.1. The second-order valence-electron chi connectivity index (χ2n) is 5.34. The lowest BCUT2D eigenvalue weighted by Gasteiger charge is -1.99. The maximum Gasteiger partial charge on any atom is 0.124 e. The predicted molar refractivity (Wildman–Crippen MR) is 93.2 cm³/mol. The molecule has 3 nitrogen and oxygen atoms in total. The van der Waals surface area contributed by atoms with Gasteiger partial charge in [0.2, 0.25) is 0 Å². The van der Waals surface area contributed by atoms with Crippen LogP contribution in [0.4, 0.5) is 0 Å². The van der Waals surface area contributed by atoms with Crippen molar-refractivity contribution in [2.24, 2.45) is 10.2 Å². The lowest BCUT2D eigenvalue weighted by Crippen LogP contribution is -1.97. The Balaban J connectivity index is 1.78. The first-order chi connectivity index (χ1) is 11.3. The molecule has 3 aromatic carbocycles. The highest BCUT2D eigenvalue weighted by atomic mass is 16.3. The molecule has 110 valence electrons. The van der Waals surface area contributed by atoms with Gasteiger partial charge in [0, 0.05) is 16.7 Å². The van der Waals surface area contributed by atoms with Crippen molar-refractivity contribution < 1.29 is 5.11 Å². The van der Waals surface area contributed by atoms with E-state index >= 15 is 0 Å². The number of hydrogen-bond acceptors (Lipinski definition) is 3. The quantitative estimate of drug-likeness (QED) is 0.436. The van der Waals surface area contributed by atoms with E-state index < -0.39 is 0 Å². The number of nitrogens with zero attached hydrogens (tertiary/aromatic N) is 2. The van der Waals surface area contributed by atoms with Crippen LogP contribution in [0.25, 0.3) is 11.1 Å². The standard InChI is InChI=1S/C20H14N2O/c23-19-12-6-1-7-14(19)13-21-22-20-17-10-4-2-8-15(17)16-9-3-5-11-18(16)20/h1-13,23H/b21-13-. The van der Waals surface area contributed by atoms with Crippen LogP contribution in [-0.4, -0.2) is 17.0 Å². The van der Waals surface area contributed by atoms with Gasteiger partial charge in [0.05, 0.1) is 6.21 Å². The molecule has 3 heteroatoms. The van der Waals surface area contributed by atoms with E-state index in [1.54, 1.807) is 24.4 Å². The molecule has 1 aliphatic carbocycles. The number of hydrogen-bond donors (Lipinski definition) is 1. The molecule has 0 aromatic heterocycles. The Labute approximate surface area is 134 Å². The first-order valence-electron chi connectivity index (χ1n) is 7.43. The molecule has 1 N–H and O–H groups in total. The number of phenolic OH excluding ortho intramolecular Hbond substituents is 1. The Morgan fingerprint density at radius 1 is 0.652 bits per heavy atom. The average Bonchev–Trinajstić information content (AvgIpc) is 2.91. The topological polar surface area (TPSA) is 45.0 Å². The van der Waals surface area contributed by atoms with Gasteiger partial charge in [-0.1, -0.05) is 60.7 Å². The Morgan fingerprint density at radius 3 is 1.78 bits per heavy atom. The molecule has 0 saturated heterocycles. The molecule has 0 spiro atoms. The minimum Gasteiger partial charge on any atom is -0.507 e. The van der Waals surface area contributed by atoms with Crippen LogP contribution in [0.1, 0.15) is 16.7 Å². The van der Waals surface area contributed by atoms with Crippen LogP contribution < -0.4 is 0 Å². The number of para-hydroxylation sites is 1. The fraction of sp³-hybridized carbons (Fsp3) is 0. The van der Waals surface area contributed by atoms with Crippen LogP contribution in [0.2, 0.25) is 0 Å². The molecule has 0 fully saturated rings. The molecule has 1 aliphatic rings. The Morgan fingerprint density at radius 2 is 1.17 bits per heavy atom. The highest BCUT2D eigenvalue weighted by Gasteiger charge is 2.23.